The van der Waals surface area contributed by atoms with Gasteiger partial charge in [-0.15, -0.1) is 0 Å². The molecule has 3 rings (SSSR count). The SMILES string of the molecule is Cc1ccc(C(=O)C[n+]2ccc3ccccc3c2)cc1[N+](=O)[O-]. The van der Waals surface area contributed by atoms with Crippen LogP contribution < -0.4 is 4.57 Å². The van der Waals surface area contributed by atoms with Gasteiger partial charge in [0.1, 0.15) is 0 Å². The first-order valence-corrected chi connectivity index (χ1v) is 7.21. The molecule has 0 unspecified atom stereocenters. The third-order valence-corrected chi connectivity index (χ3v) is 3.80. The first-order valence-electron chi connectivity index (χ1n) is 7.21. The number of rotatable bonds is 4. The maximum atomic E-state index is 12.4. The van der Waals surface area contributed by atoms with E-state index in [0.717, 1.165) is 10.8 Å². The lowest BCUT2D eigenvalue weighted by Gasteiger charge is -2.02. The number of nitro benzene ring substituents is 1. The average molecular weight is 307 g/mol. The second kappa shape index (κ2) is 5.96. The Kier molecular flexibility index (Phi) is 3.85. The van der Waals surface area contributed by atoms with Gasteiger partial charge < -0.3 is 0 Å². The highest BCUT2D eigenvalue weighted by Gasteiger charge is 2.18. The molecule has 0 saturated carbocycles. The highest BCUT2D eigenvalue weighted by atomic mass is 16.6. The molecule has 2 aromatic carbocycles. The summed E-state index contributed by atoms with van der Waals surface area (Å²) < 4.78 is 1.79. The molecule has 3 aromatic rings. The van der Waals surface area contributed by atoms with Gasteiger partial charge in [-0.25, -0.2) is 0 Å². The van der Waals surface area contributed by atoms with Crippen LogP contribution in [0.5, 0.6) is 0 Å². The molecule has 0 aliphatic heterocycles. The Morgan fingerprint density at radius 1 is 1.13 bits per heavy atom. The molecule has 114 valence electrons. The van der Waals surface area contributed by atoms with E-state index in [4.69, 9.17) is 0 Å². The van der Waals surface area contributed by atoms with Gasteiger partial charge in [0.15, 0.2) is 12.4 Å². The van der Waals surface area contributed by atoms with Crippen molar-refractivity contribution in [3.05, 3.63) is 82.2 Å². The molecule has 0 radical (unpaired) electrons. The van der Waals surface area contributed by atoms with E-state index in [1.54, 1.807) is 23.6 Å². The quantitative estimate of drug-likeness (QED) is 0.322. The van der Waals surface area contributed by atoms with Gasteiger partial charge in [0, 0.05) is 28.6 Å². The number of benzene rings is 2. The molecule has 1 aromatic heterocycles. The second-order valence-electron chi connectivity index (χ2n) is 5.43. The van der Waals surface area contributed by atoms with Gasteiger partial charge >= 0.3 is 0 Å². The van der Waals surface area contributed by atoms with Gasteiger partial charge in [0.2, 0.25) is 12.3 Å². The van der Waals surface area contributed by atoms with E-state index in [-0.39, 0.29) is 18.0 Å². The van der Waals surface area contributed by atoms with Crippen LogP contribution in [0.2, 0.25) is 0 Å². The Labute approximate surface area is 133 Å². The standard InChI is InChI=1S/C18H15N2O3/c1-13-6-7-15(10-17(13)20(22)23)18(21)12-19-9-8-14-4-2-3-5-16(14)11-19/h2-11H,12H2,1H3/q+1. The van der Waals surface area contributed by atoms with E-state index in [2.05, 4.69) is 0 Å². The number of Topliss-reactive ketones (excluding diaryl/α,β-unsaturated/α-hetero) is 1. The molecular formula is C18H15N2O3+. The molecule has 0 atom stereocenters. The highest BCUT2D eigenvalue weighted by molar-refractivity contribution is 5.95. The minimum atomic E-state index is -0.463. The largest absolute Gasteiger partial charge is 0.287 e. The van der Waals surface area contributed by atoms with E-state index < -0.39 is 4.92 Å². The lowest BCUT2D eigenvalue weighted by atomic mass is 10.1. The van der Waals surface area contributed by atoms with Crippen LogP contribution in [0.25, 0.3) is 10.8 Å². The summed E-state index contributed by atoms with van der Waals surface area (Å²) in [6, 6.07) is 14.4. The number of carbonyl (C=O) groups excluding carboxylic acids is 1. The van der Waals surface area contributed by atoms with E-state index in [0.29, 0.717) is 11.1 Å². The van der Waals surface area contributed by atoms with Crippen molar-refractivity contribution >= 4 is 22.2 Å². The summed E-state index contributed by atoms with van der Waals surface area (Å²) >= 11 is 0. The summed E-state index contributed by atoms with van der Waals surface area (Å²) in [6.45, 7) is 1.80. The van der Waals surface area contributed by atoms with Gasteiger partial charge in [-0.2, -0.15) is 4.57 Å². The monoisotopic (exact) mass is 307 g/mol. The molecular weight excluding hydrogens is 292 g/mol. The second-order valence-corrected chi connectivity index (χ2v) is 5.43. The number of ketones is 1. The molecule has 5 nitrogen and oxygen atoms in total. The molecule has 0 N–H and O–H groups in total. The first-order chi connectivity index (χ1) is 11.0. The number of aromatic nitrogens is 1. The van der Waals surface area contributed by atoms with Gasteiger partial charge in [0.05, 0.1) is 4.92 Å². The third kappa shape index (κ3) is 3.08. The Morgan fingerprint density at radius 2 is 1.87 bits per heavy atom. The molecule has 1 heterocycles. The zero-order valence-corrected chi connectivity index (χ0v) is 12.6. The van der Waals surface area contributed by atoms with Gasteiger partial charge in [-0.1, -0.05) is 30.3 Å². The van der Waals surface area contributed by atoms with E-state index in [1.165, 1.54) is 6.07 Å². The van der Waals surface area contributed by atoms with Crippen molar-refractivity contribution in [3.8, 4) is 0 Å². The predicted molar refractivity (Wildman–Crippen MR) is 86.3 cm³/mol. The van der Waals surface area contributed by atoms with Crippen molar-refractivity contribution < 1.29 is 14.3 Å². The first kappa shape index (κ1) is 14.8. The Morgan fingerprint density at radius 3 is 2.61 bits per heavy atom. The zero-order chi connectivity index (χ0) is 16.4. The van der Waals surface area contributed by atoms with Crippen LogP contribution in [-0.4, -0.2) is 10.7 Å². The fourth-order valence-electron chi connectivity index (χ4n) is 2.51. The number of hydrogen-bond donors (Lipinski definition) is 0. The van der Waals surface area contributed by atoms with Gasteiger partial charge in [0.25, 0.3) is 5.69 Å². The number of aryl methyl sites for hydroxylation is 1. The normalized spacial score (nSPS) is 10.7. The minimum Gasteiger partial charge on any atom is -0.287 e. The van der Waals surface area contributed by atoms with Crippen molar-refractivity contribution in [2.75, 3.05) is 0 Å². The van der Waals surface area contributed by atoms with Crippen LogP contribution >= 0.6 is 0 Å². The molecule has 0 spiro atoms. The van der Waals surface area contributed by atoms with Crippen LogP contribution in [-0.2, 0) is 6.54 Å². The lowest BCUT2D eigenvalue weighted by molar-refractivity contribution is -0.681. The molecule has 0 aliphatic carbocycles. The van der Waals surface area contributed by atoms with Crippen LogP contribution in [0.1, 0.15) is 15.9 Å². The summed E-state index contributed by atoms with van der Waals surface area (Å²) in [5.41, 5.74) is 0.868. The molecule has 5 heteroatoms. The molecule has 23 heavy (non-hydrogen) atoms. The maximum Gasteiger partial charge on any atom is 0.273 e. The number of nitrogens with zero attached hydrogens (tertiary/aromatic N) is 2. The van der Waals surface area contributed by atoms with Crippen LogP contribution in [0.4, 0.5) is 5.69 Å². The van der Waals surface area contributed by atoms with Crippen molar-refractivity contribution in [1.29, 1.82) is 0 Å². The van der Waals surface area contributed by atoms with E-state index >= 15 is 0 Å². The summed E-state index contributed by atoms with van der Waals surface area (Å²) in [7, 11) is 0. The summed E-state index contributed by atoms with van der Waals surface area (Å²) in [5, 5.41) is 13.1. The molecule has 0 saturated heterocycles. The predicted octanol–water partition coefficient (Wildman–Crippen LogP) is 3.23. The number of pyridine rings is 1. The number of carbonyl (C=O) groups is 1. The van der Waals surface area contributed by atoms with E-state index in [9.17, 15) is 14.9 Å². The highest BCUT2D eigenvalue weighted by Crippen LogP contribution is 2.19. The number of nitro groups is 1. The fourth-order valence-corrected chi connectivity index (χ4v) is 2.51. The third-order valence-electron chi connectivity index (χ3n) is 3.80. The molecule has 0 bridgehead atoms. The van der Waals surface area contributed by atoms with Crippen molar-refractivity contribution in [2.45, 2.75) is 13.5 Å². The van der Waals surface area contributed by atoms with Crippen molar-refractivity contribution in [3.63, 3.8) is 0 Å². The summed E-state index contributed by atoms with van der Waals surface area (Å²) in [4.78, 5) is 22.9. The Hall–Kier alpha value is -3.08. The maximum absolute atomic E-state index is 12.4. The van der Waals surface area contributed by atoms with Gasteiger partial charge in [-0.05, 0) is 18.4 Å². The van der Waals surface area contributed by atoms with Crippen LogP contribution in [0.15, 0.2) is 60.9 Å². The minimum absolute atomic E-state index is 0.0284. The molecule has 0 amide bonds. The van der Waals surface area contributed by atoms with Gasteiger partial charge in [-0.3, -0.25) is 14.9 Å². The smallest absolute Gasteiger partial charge is 0.273 e. The Bertz CT molecular complexity index is 919. The Balaban J connectivity index is 1.88. The lowest BCUT2D eigenvalue weighted by Crippen LogP contribution is -2.37. The van der Waals surface area contributed by atoms with E-state index in [1.807, 2.05) is 42.7 Å². The van der Waals surface area contributed by atoms with Crippen LogP contribution in [0, 0.1) is 17.0 Å². The average Bonchev–Trinajstić information content (AvgIpc) is 2.54. The topological polar surface area (TPSA) is 64.1 Å². The molecule has 0 aliphatic rings. The van der Waals surface area contributed by atoms with Crippen LogP contribution in [0.3, 0.4) is 0 Å². The van der Waals surface area contributed by atoms with Crippen molar-refractivity contribution in [2.24, 2.45) is 0 Å². The zero-order valence-electron chi connectivity index (χ0n) is 12.6. The van der Waals surface area contributed by atoms with Crippen molar-refractivity contribution in [1.82, 2.24) is 0 Å². The fraction of sp³-hybridized carbons (Fsp3) is 0.111. The number of hydrogen-bond acceptors (Lipinski definition) is 3. The summed E-state index contributed by atoms with van der Waals surface area (Å²) in [5.74, 6) is -0.159. The molecule has 0 fully saturated rings. The number of fused-ring (bicyclic) bond motifs is 1. The summed E-state index contributed by atoms with van der Waals surface area (Å²) in [6.07, 6.45) is 3.73.